The van der Waals surface area contributed by atoms with E-state index in [2.05, 4.69) is 33.6 Å². The first-order chi connectivity index (χ1) is 9.81. The molecule has 1 aromatic carbocycles. The number of nitrogens with zero attached hydrogens (tertiary/aromatic N) is 4. The Morgan fingerprint density at radius 3 is 3.05 bits per heavy atom. The normalized spacial score (nSPS) is 17.6. The van der Waals surface area contributed by atoms with Gasteiger partial charge in [-0.1, -0.05) is 37.3 Å². The topological polar surface area (TPSA) is 74.8 Å². The Bertz CT molecular complexity index is 635. The van der Waals surface area contributed by atoms with Crippen molar-refractivity contribution in [3.05, 3.63) is 42.0 Å². The number of nitrogens with one attached hydrogen (secondary N) is 1. The highest BCUT2D eigenvalue weighted by atomic mass is 16.2. The number of hydrogen-bond acceptors (Lipinski definition) is 4. The third-order valence-electron chi connectivity index (χ3n) is 3.48. The van der Waals surface area contributed by atoms with Crippen LogP contribution in [0.4, 0.5) is 0 Å². The molecule has 2 aromatic rings. The molecule has 3 rings (SSSR count). The first-order valence-electron chi connectivity index (χ1n) is 6.61. The van der Waals surface area contributed by atoms with Crippen LogP contribution in [0.3, 0.4) is 0 Å². The zero-order chi connectivity index (χ0) is 13.9. The number of H-pyrrole nitrogens is 1. The van der Waals surface area contributed by atoms with E-state index in [0.29, 0.717) is 23.5 Å². The van der Waals surface area contributed by atoms with E-state index in [4.69, 9.17) is 0 Å². The molecule has 1 aliphatic rings. The maximum atomic E-state index is 12.7. The summed E-state index contributed by atoms with van der Waals surface area (Å²) in [6, 6.07) is 7.52. The summed E-state index contributed by atoms with van der Waals surface area (Å²) in [5, 5.41) is 13.9. The smallest absolute Gasteiger partial charge is 0.255 e. The largest absolute Gasteiger partial charge is 0.328 e. The molecule has 1 N–H and O–H groups in total. The number of aromatic amines is 1. The Morgan fingerprint density at radius 1 is 1.45 bits per heavy atom. The maximum Gasteiger partial charge on any atom is 0.255 e. The van der Waals surface area contributed by atoms with Crippen molar-refractivity contribution in [2.24, 2.45) is 0 Å². The van der Waals surface area contributed by atoms with E-state index in [-0.39, 0.29) is 11.9 Å². The van der Waals surface area contributed by atoms with Gasteiger partial charge in [0, 0.05) is 12.1 Å². The standard InChI is InChI=1S/C14H15N5O/c1-2-10-6-5-9-19(10)14(20)12-8-4-3-7-11(12)13-15-17-18-16-13/h3-8,10H,2,9H2,1H3,(H,15,16,17,18). The highest BCUT2D eigenvalue weighted by molar-refractivity contribution is 6.00. The quantitative estimate of drug-likeness (QED) is 0.860. The van der Waals surface area contributed by atoms with Crippen molar-refractivity contribution in [1.29, 1.82) is 0 Å². The summed E-state index contributed by atoms with van der Waals surface area (Å²) >= 11 is 0. The first kappa shape index (κ1) is 12.5. The predicted molar refractivity (Wildman–Crippen MR) is 73.9 cm³/mol. The van der Waals surface area contributed by atoms with Crippen LogP contribution in [0.5, 0.6) is 0 Å². The lowest BCUT2D eigenvalue weighted by atomic mass is 10.0. The second kappa shape index (κ2) is 5.24. The van der Waals surface area contributed by atoms with Crippen LogP contribution >= 0.6 is 0 Å². The zero-order valence-corrected chi connectivity index (χ0v) is 11.2. The van der Waals surface area contributed by atoms with Crippen LogP contribution in [0.25, 0.3) is 11.4 Å². The fourth-order valence-electron chi connectivity index (χ4n) is 2.46. The van der Waals surface area contributed by atoms with E-state index in [1.54, 1.807) is 6.07 Å². The summed E-state index contributed by atoms with van der Waals surface area (Å²) in [4.78, 5) is 14.6. The van der Waals surface area contributed by atoms with Gasteiger partial charge in [-0.2, -0.15) is 5.21 Å². The van der Waals surface area contributed by atoms with Gasteiger partial charge >= 0.3 is 0 Å². The minimum atomic E-state index is 0.00208. The van der Waals surface area contributed by atoms with Gasteiger partial charge in [-0.3, -0.25) is 4.79 Å². The second-order valence-electron chi connectivity index (χ2n) is 4.64. The summed E-state index contributed by atoms with van der Waals surface area (Å²) in [5.74, 6) is 0.441. The lowest BCUT2D eigenvalue weighted by molar-refractivity contribution is 0.0748. The van der Waals surface area contributed by atoms with Crippen LogP contribution in [0, 0.1) is 0 Å². The molecule has 6 nitrogen and oxygen atoms in total. The van der Waals surface area contributed by atoms with E-state index in [1.807, 2.05) is 29.2 Å². The molecule has 1 atom stereocenters. The molecule has 2 heterocycles. The number of carbonyl (C=O) groups excluding carboxylic acids is 1. The number of carbonyl (C=O) groups is 1. The Morgan fingerprint density at radius 2 is 2.30 bits per heavy atom. The molecule has 1 unspecified atom stereocenters. The van der Waals surface area contributed by atoms with E-state index >= 15 is 0 Å². The van der Waals surface area contributed by atoms with Crippen LogP contribution in [0.1, 0.15) is 23.7 Å². The van der Waals surface area contributed by atoms with Crippen LogP contribution in [0.2, 0.25) is 0 Å². The Hall–Kier alpha value is -2.50. The molecule has 0 saturated carbocycles. The van der Waals surface area contributed by atoms with Gasteiger partial charge in [-0.05, 0) is 17.7 Å². The second-order valence-corrected chi connectivity index (χ2v) is 4.64. The molecular weight excluding hydrogens is 254 g/mol. The number of amides is 1. The number of tetrazole rings is 1. The van der Waals surface area contributed by atoms with Gasteiger partial charge < -0.3 is 4.90 Å². The zero-order valence-electron chi connectivity index (χ0n) is 11.2. The molecule has 0 bridgehead atoms. The molecule has 1 aliphatic heterocycles. The molecule has 0 spiro atoms. The van der Waals surface area contributed by atoms with E-state index in [0.717, 1.165) is 6.42 Å². The average Bonchev–Trinajstić information content (AvgIpc) is 3.17. The van der Waals surface area contributed by atoms with Crippen LogP contribution in [-0.4, -0.2) is 44.0 Å². The molecule has 102 valence electrons. The maximum absolute atomic E-state index is 12.7. The lowest BCUT2D eigenvalue weighted by Gasteiger charge is -2.24. The highest BCUT2D eigenvalue weighted by Crippen LogP contribution is 2.23. The van der Waals surface area contributed by atoms with Crippen molar-refractivity contribution in [3.63, 3.8) is 0 Å². The van der Waals surface area contributed by atoms with Crippen LogP contribution in [0.15, 0.2) is 36.4 Å². The first-order valence-corrected chi connectivity index (χ1v) is 6.61. The van der Waals surface area contributed by atoms with Gasteiger partial charge in [0.05, 0.1) is 11.6 Å². The molecule has 0 fully saturated rings. The summed E-state index contributed by atoms with van der Waals surface area (Å²) in [6.45, 7) is 2.73. The number of hydrogen-bond donors (Lipinski definition) is 1. The Kier molecular flexibility index (Phi) is 3.28. The predicted octanol–water partition coefficient (Wildman–Crippen LogP) is 1.66. The fourth-order valence-corrected chi connectivity index (χ4v) is 2.46. The molecule has 0 aliphatic carbocycles. The van der Waals surface area contributed by atoms with Crippen molar-refractivity contribution in [2.75, 3.05) is 6.54 Å². The molecule has 0 radical (unpaired) electrons. The molecule has 1 aromatic heterocycles. The van der Waals surface area contributed by atoms with E-state index in [1.165, 1.54) is 0 Å². The Labute approximate surface area is 116 Å². The lowest BCUT2D eigenvalue weighted by Crippen LogP contribution is -2.35. The minimum absolute atomic E-state index is 0.00208. The van der Waals surface area contributed by atoms with Gasteiger partial charge in [-0.25, -0.2) is 0 Å². The summed E-state index contributed by atoms with van der Waals surface area (Å²) in [5.41, 5.74) is 1.31. The fraction of sp³-hybridized carbons (Fsp3) is 0.286. The van der Waals surface area contributed by atoms with Gasteiger partial charge in [-0.15, -0.1) is 10.2 Å². The van der Waals surface area contributed by atoms with Crippen molar-refractivity contribution >= 4 is 5.91 Å². The van der Waals surface area contributed by atoms with Gasteiger partial charge in [0.2, 0.25) is 5.82 Å². The Balaban J connectivity index is 1.97. The van der Waals surface area contributed by atoms with Crippen molar-refractivity contribution in [2.45, 2.75) is 19.4 Å². The van der Waals surface area contributed by atoms with Gasteiger partial charge in [0.15, 0.2) is 0 Å². The summed E-state index contributed by atoms with van der Waals surface area (Å²) < 4.78 is 0. The number of rotatable bonds is 3. The van der Waals surface area contributed by atoms with Crippen LogP contribution in [-0.2, 0) is 0 Å². The van der Waals surface area contributed by atoms with Crippen molar-refractivity contribution in [1.82, 2.24) is 25.5 Å². The third-order valence-corrected chi connectivity index (χ3v) is 3.48. The van der Waals surface area contributed by atoms with Crippen LogP contribution < -0.4 is 0 Å². The van der Waals surface area contributed by atoms with Crippen molar-refractivity contribution < 1.29 is 4.79 Å². The minimum Gasteiger partial charge on any atom is -0.328 e. The molecule has 0 saturated heterocycles. The van der Waals surface area contributed by atoms with Gasteiger partial charge in [0.1, 0.15) is 0 Å². The average molecular weight is 269 g/mol. The summed E-state index contributed by atoms with van der Waals surface area (Å²) in [6.07, 6.45) is 5.02. The molecule has 1 amide bonds. The monoisotopic (exact) mass is 269 g/mol. The highest BCUT2D eigenvalue weighted by Gasteiger charge is 2.26. The van der Waals surface area contributed by atoms with E-state index < -0.39 is 0 Å². The van der Waals surface area contributed by atoms with E-state index in [9.17, 15) is 4.79 Å². The number of aromatic nitrogens is 4. The van der Waals surface area contributed by atoms with Crippen molar-refractivity contribution in [3.8, 4) is 11.4 Å². The summed E-state index contributed by atoms with van der Waals surface area (Å²) in [7, 11) is 0. The SMILES string of the molecule is CCC1C=CCN1C(=O)c1ccccc1-c1nn[nH]n1. The number of benzene rings is 1. The molecular formula is C14H15N5O. The third kappa shape index (κ3) is 2.09. The molecule has 20 heavy (non-hydrogen) atoms. The van der Waals surface area contributed by atoms with Gasteiger partial charge in [0.25, 0.3) is 5.91 Å². The molecule has 6 heteroatoms.